The minimum Gasteiger partial charge on any atom is -0.481 e. The van der Waals surface area contributed by atoms with Crippen LogP contribution in [0, 0.1) is 6.92 Å². The number of anilines is 1. The molecule has 0 bridgehead atoms. The Hall–Kier alpha value is -2.83. The summed E-state index contributed by atoms with van der Waals surface area (Å²) in [6.45, 7) is 4.24. The summed E-state index contributed by atoms with van der Waals surface area (Å²) in [6, 6.07) is 7.68. The quantitative estimate of drug-likeness (QED) is 0.808. The van der Waals surface area contributed by atoms with Crippen LogP contribution in [0.1, 0.15) is 31.0 Å². The van der Waals surface area contributed by atoms with Crippen molar-refractivity contribution in [2.24, 2.45) is 0 Å². The van der Waals surface area contributed by atoms with Crippen LogP contribution in [-0.2, 0) is 11.2 Å². The van der Waals surface area contributed by atoms with Gasteiger partial charge in [-0.15, -0.1) is 0 Å². The highest BCUT2D eigenvalue weighted by molar-refractivity contribution is 5.90. The molecule has 0 unspecified atom stereocenters. The zero-order chi connectivity index (χ0) is 18.4. The maximum absolute atomic E-state index is 12.3. The maximum atomic E-state index is 12.3. The first-order valence-electron chi connectivity index (χ1n) is 8.30. The lowest BCUT2D eigenvalue weighted by molar-refractivity contribution is -0.137. The van der Waals surface area contributed by atoms with Crippen molar-refractivity contribution in [3.05, 3.63) is 41.7 Å². The monoisotopic (exact) mass is 344 g/mol. The second kappa shape index (κ2) is 8.32. The van der Waals surface area contributed by atoms with Gasteiger partial charge in [0.25, 0.3) is 0 Å². The molecule has 0 aliphatic heterocycles. The second-order valence-electron chi connectivity index (χ2n) is 6.00. The summed E-state index contributed by atoms with van der Waals surface area (Å²) < 4.78 is 1.83. The van der Waals surface area contributed by atoms with Gasteiger partial charge in [-0.1, -0.05) is 31.0 Å². The van der Waals surface area contributed by atoms with Crippen molar-refractivity contribution >= 4 is 17.7 Å². The first-order valence-corrected chi connectivity index (χ1v) is 8.30. The average Bonchev–Trinajstić information content (AvgIpc) is 2.96. The van der Waals surface area contributed by atoms with E-state index in [0.717, 1.165) is 24.2 Å². The van der Waals surface area contributed by atoms with E-state index >= 15 is 0 Å². The molecule has 0 fully saturated rings. The third-order valence-electron chi connectivity index (χ3n) is 3.88. The van der Waals surface area contributed by atoms with Crippen molar-refractivity contribution in [3.63, 3.8) is 0 Å². The van der Waals surface area contributed by atoms with Gasteiger partial charge in [0, 0.05) is 13.6 Å². The molecule has 2 aromatic rings. The summed E-state index contributed by atoms with van der Waals surface area (Å²) >= 11 is 0. The number of benzene rings is 1. The van der Waals surface area contributed by atoms with Gasteiger partial charge in [0.15, 0.2) is 0 Å². The van der Waals surface area contributed by atoms with Crippen molar-refractivity contribution in [1.29, 1.82) is 0 Å². The molecule has 0 saturated carbocycles. The molecule has 0 radical (unpaired) electrons. The molecule has 0 saturated heterocycles. The van der Waals surface area contributed by atoms with Crippen LogP contribution in [0.3, 0.4) is 0 Å². The molecule has 134 valence electrons. The predicted molar refractivity (Wildman–Crippen MR) is 96.2 cm³/mol. The summed E-state index contributed by atoms with van der Waals surface area (Å²) in [5.74, 6) is -0.932. The van der Waals surface area contributed by atoms with E-state index in [4.69, 9.17) is 5.11 Å². The smallest absolute Gasteiger partial charge is 0.321 e. The Morgan fingerprint density at radius 3 is 2.56 bits per heavy atom. The third kappa shape index (κ3) is 4.82. The van der Waals surface area contributed by atoms with Crippen LogP contribution in [0.5, 0.6) is 0 Å². The highest BCUT2D eigenvalue weighted by atomic mass is 16.4. The lowest BCUT2D eigenvalue weighted by atomic mass is 10.2. The number of aryl methyl sites for hydroxylation is 1. The molecular formula is C18H24N4O3. The number of aromatic nitrogens is 2. The van der Waals surface area contributed by atoms with Crippen molar-refractivity contribution in [2.75, 3.05) is 18.9 Å². The molecule has 1 aromatic carbocycles. The average molecular weight is 344 g/mol. The molecule has 7 nitrogen and oxygen atoms in total. The van der Waals surface area contributed by atoms with Crippen molar-refractivity contribution in [2.45, 2.75) is 33.1 Å². The molecule has 25 heavy (non-hydrogen) atoms. The Bertz CT molecular complexity index is 737. The predicted octanol–water partition coefficient (Wildman–Crippen LogP) is 3.07. The number of nitrogens with zero attached hydrogens (tertiary/aromatic N) is 3. The largest absolute Gasteiger partial charge is 0.481 e. The fraction of sp³-hybridized carbons (Fsp3) is 0.389. The summed E-state index contributed by atoms with van der Waals surface area (Å²) in [4.78, 5) is 24.2. The normalized spacial score (nSPS) is 10.5. The van der Waals surface area contributed by atoms with Crippen LogP contribution >= 0.6 is 0 Å². The molecule has 0 aliphatic rings. The van der Waals surface area contributed by atoms with Gasteiger partial charge < -0.3 is 15.3 Å². The number of carbonyl (C=O) groups is 2. The van der Waals surface area contributed by atoms with E-state index in [0.29, 0.717) is 5.69 Å². The number of carboxylic acids is 1. The Kier molecular flexibility index (Phi) is 6.16. The van der Waals surface area contributed by atoms with E-state index < -0.39 is 5.97 Å². The van der Waals surface area contributed by atoms with Gasteiger partial charge in [-0.2, -0.15) is 5.10 Å². The van der Waals surface area contributed by atoms with Crippen LogP contribution < -0.4 is 5.32 Å². The zero-order valence-electron chi connectivity index (χ0n) is 14.8. The Labute approximate surface area is 147 Å². The zero-order valence-corrected chi connectivity index (χ0v) is 14.8. The molecule has 7 heteroatoms. The standard InChI is InChI=1S/C18H24N4O3/c1-4-5-16-15(20-18(25)21(3)11-10-17(23)24)12-19-22(16)14-8-6-13(2)7-9-14/h6-9,12H,4-5,10-11H2,1-3H3,(H,20,25)(H,23,24). The summed E-state index contributed by atoms with van der Waals surface area (Å²) in [7, 11) is 1.57. The van der Waals surface area contributed by atoms with Gasteiger partial charge in [-0.05, 0) is 25.5 Å². The van der Waals surface area contributed by atoms with E-state index in [1.54, 1.807) is 13.2 Å². The summed E-state index contributed by atoms with van der Waals surface area (Å²) in [6.07, 6.45) is 3.22. The van der Waals surface area contributed by atoms with Gasteiger partial charge in [0.1, 0.15) is 0 Å². The van der Waals surface area contributed by atoms with Crippen molar-refractivity contribution in [1.82, 2.24) is 14.7 Å². The van der Waals surface area contributed by atoms with E-state index in [9.17, 15) is 9.59 Å². The molecular weight excluding hydrogens is 320 g/mol. The number of rotatable bonds is 7. The van der Waals surface area contributed by atoms with Crippen LogP contribution in [0.4, 0.5) is 10.5 Å². The Morgan fingerprint density at radius 1 is 1.28 bits per heavy atom. The molecule has 2 N–H and O–H groups in total. The highest BCUT2D eigenvalue weighted by Crippen LogP contribution is 2.21. The number of hydrogen-bond acceptors (Lipinski definition) is 3. The number of urea groups is 1. The van der Waals surface area contributed by atoms with E-state index in [1.165, 1.54) is 10.5 Å². The number of amides is 2. The molecule has 2 rings (SSSR count). The van der Waals surface area contributed by atoms with Crippen molar-refractivity contribution < 1.29 is 14.7 Å². The van der Waals surface area contributed by atoms with Gasteiger partial charge in [-0.3, -0.25) is 4.79 Å². The SMILES string of the molecule is CCCc1c(NC(=O)N(C)CCC(=O)O)cnn1-c1ccc(C)cc1. The molecule has 0 aliphatic carbocycles. The van der Waals surface area contributed by atoms with Gasteiger partial charge >= 0.3 is 12.0 Å². The fourth-order valence-corrected chi connectivity index (χ4v) is 2.44. The Morgan fingerprint density at radius 2 is 1.96 bits per heavy atom. The summed E-state index contributed by atoms with van der Waals surface area (Å²) in [5, 5.41) is 16.0. The number of nitrogens with one attached hydrogen (secondary N) is 1. The molecule has 2 amide bonds. The van der Waals surface area contributed by atoms with Gasteiger partial charge in [-0.25, -0.2) is 9.48 Å². The first-order chi connectivity index (χ1) is 11.9. The van der Waals surface area contributed by atoms with Crippen LogP contribution in [0.15, 0.2) is 30.5 Å². The van der Waals surface area contributed by atoms with Gasteiger partial charge in [0.2, 0.25) is 0 Å². The highest BCUT2D eigenvalue weighted by Gasteiger charge is 2.16. The van der Waals surface area contributed by atoms with E-state index in [-0.39, 0.29) is 19.0 Å². The lowest BCUT2D eigenvalue weighted by Gasteiger charge is -2.17. The number of carbonyl (C=O) groups excluding carboxylic acids is 1. The van der Waals surface area contributed by atoms with Crippen LogP contribution in [0.25, 0.3) is 5.69 Å². The number of carboxylic acid groups (broad SMARTS) is 1. The van der Waals surface area contributed by atoms with Gasteiger partial charge in [0.05, 0.1) is 29.7 Å². The lowest BCUT2D eigenvalue weighted by Crippen LogP contribution is -2.33. The van der Waals surface area contributed by atoms with E-state index in [1.807, 2.05) is 35.9 Å². The molecule has 1 aromatic heterocycles. The summed E-state index contributed by atoms with van der Waals surface area (Å²) in [5.41, 5.74) is 3.68. The minimum absolute atomic E-state index is 0.0889. The topological polar surface area (TPSA) is 87.5 Å². The second-order valence-corrected chi connectivity index (χ2v) is 6.00. The van der Waals surface area contributed by atoms with Crippen LogP contribution in [-0.4, -0.2) is 45.4 Å². The number of hydrogen-bond donors (Lipinski definition) is 2. The van der Waals surface area contributed by atoms with E-state index in [2.05, 4.69) is 17.3 Å². The van der Waals surface area contributed by atoms with Crippen LogP contribution in [0.2, 0.25) is 0 Å². The van der Waals surface area contributed by atoms with Crippen molar-refractivity contribution in [3.8, 4) is 5.69 Å². The molecule has 1 heterocycles. The molecule has 0 atom stereocenters. The Balaban J connectivity index is 2.19. The fourth-order valence-electron chi connectivity index (χ4n) is 2.44. The molecule has 0 spiro atoms. The minimum atomic E-state index is -0.932. The maximum Gasteiger partial charge on any atom is 0.321 e. The third-order valence-corrected chi connectivity index (χ3v) is 3.88. The first kappa shape index (κ1) is 18.5. The number of aliphatic carboxylic acids is 1.